The smallest absolute Gasteiger partial charge is 0.0401 e. The highest BCUT2D eigenvalue weighted by Gasteiger charge is 2.16. The van der Waals surface area contributed by atoms with Gasteiger partial charge in [-0.25, -0.2) is 0 Å². The van der Waals surface area contributed by atoms with Crippen molar-refractivity contribution in [1.82, 2.24) is 0 Å². The predicted octanol–water partition coefficient (Wildman–Crippen LogP) is 5.36. The third-order valence-electron chi connectivity index (χ3n) is 3.11. The SMILES string of the molecule is CC(C)(C)c1ccccc1NCc1cccc(Br)c1. The zero-order valence-corrected chi connectivity index (χ0v) is 13.3. The molecule has 0 saturated heterocycles. The lowest BCUT2D eigenvalue weighted by atomic mass is 9.86. The molecule has 0 aliphatic rings. The topological polar surface area (TPSA) is 12.0 Å². The Labute approximate surface area is 124 Å². The first-order valence-corrected chi connectivity index (χ1v) is 7.34. The lowest BCUT2D eigenvalue weighted by molar-refractivity contribution is 0.591. The highest BCUT2D eigenvalue weighted by Crippen LogP contribution is 2.29. The van der Waals surface area contributed by atoms with Crippen molar-refractivity contribution in [2.24, 2.45) is 0 Å². The monoisotopic (exact) mass is 317 g/mol. The molecule has 0 saturated carbocycles. The van der Waals surface area contributed by atoms with Crippen molar-refractivity contribution in [2.45, 2.75) is 32.7 Å². The number of hydrogen-bond donors (Lipinski definition) is 1. The molecule has 0 spiro atoms. The molecule has 0 fully saturated rings. The molecule has 2 rings (SSSR count). The first-order chi connectivity index (χ1) is 8.97. The van der Waals surface area contributed by atoms with E-state index in [4.69, 9.17) is 0 Å². The summed E-state index contributed by atoms with van der Waals surface area (Å²) in [5.74, 6) is 0. The van der Waals surface area contributed by atoms with Gasteiger partial charge >= 0.3 is 0 Å². The number of halogens is 1. The van der Waals surface area contributed by atoms with Gasteiger partial charge in [0.05, 0.1) is 0 Å². The molecule has 0 aliphatic carbocycles. The summed E-state index contributed by atoms with van der Waals surface area (Å²) in [5.41, 5.74) is 4.00. The van der Waals surface area contributed by atoms with Crippen LogP contribution in [0.3, 0.4) is 0 Å². The Balaban J connectivity index is 2.16. The van der Waals surface area contributed by atoms with Crippen molar-refractivity contribution in [3.63, 3.8) is 0 Å². The summed E-state index contributed by atoms with van der Waals surface area (Å²) in [4.78, 5) is 0. The molecule has 0 aliphatic heterocycles. The van der Waals surface area contributed by atoms with E-state index < -0.39 is 0 Å². The fourth-order valence-corrected chi connectivity index (χ4v) is 2.58. The Hall–Kier alpha value is -1.28. The Bertz CT molecular complexity index is 555. The van der Waals surface area contributed by atoms with Crippen LogP contribution in [0, 0.1) is 0 Å². The lowest BCUT2D eigenvalue weighted by Crippen LogP contribution is -2.14. The normalized spacial score (nSPS) is 11.4. The lowest BCUT2D eigenvalue weighted by Gasteiger charge is -2.23. The number of anilines is 1. The van der Waals surface area contributed by atoms with Gasteiger partial charge in [-0.05, 0) is 34.7 Å². The standard InChI is InChI=1S/C17H20BrN/c1-17(2,3)15-9-4-5-10-16(15)19-12-13-7-6-8-14(18)11-13/h4-11,19H,12H2,1-3H3. The van der Waals surface area contributed by atoms with Gasteiger partial charge in [0.15, 0.2) is 0 Å². The molecule has 100 valence electrons. The summed E-state index contributed by atoms with van der Waals surface area (Å²) in [6.07, 6.45) is 0. The summed E-state index contributed by atoms with van der Waals surface area (Å²) < 4.78 is 1.12. The first kappa shape index (κ1) is 14.1. The number of para-hydroxylation sites is 1. The molecule has 2 aromatic carbocycles. The second-order valence-corrected chi connectivity index (χ2v) is 6.69. The minimum absolute atomic E-state index is 0.154. The predicted molar refractivity (Wildman–Crippen MR) is 86.6 cm³/mol. The second kappa shape index (κ2) is 5.79. The van der Waals surface area contributed by atoms with Crippen LogP contribution in [0.2, 0.25) is 0 Å². The zero-order chi connectivity index (χ0) is 13.9. The van der Waals surface area contributed by atoms with Crippen molar-refractivity contribution in [3.05, 3.63) is 64.1 Å². The average molecular weight is 318 g/mol. The van der Waals surface area contributed by atoms with E-state index in [0.717, 1.165) is 11.0 Å². The molecule has 0 amide bonds. The number of hydrogen-bond acceptors (Lipinski definition) is 1. The molecule has 0 atom stereocenters. The number of nitrogens with one attached hydrogen (secondary N) is 1. The highest BCUT2D eigenvalue weighted by molar-refractivity contribution is 9.10. The van der Waals surface area contributed by atoms with E-state index in [1.165, 1.54) is 16.8 Å². The van der Waals surface area contributed by atoms with Crippen LogP contribution in [0.5, 0.6) is 0 Å². The van der Waals surface area contributed by atoms with Crippen LogP contribution in [-0.4, -0.2) is 0 Å². The third kappa shape index (κ3) is 3.84. The van der Waals surface area contributed by atoms with Gasteiger partial charge in [0.25, 0.3) is 0 Å². The van der Waals surface area contributed by atoms with E-state index in [1.54, 1.807) is 0 Å². The molecule has 2 aromatic rings. The minimum Gasteiger partial charge on any atom is -0.381 e. The molecule has 0 heterocycles. The van der Waals surface area contributed by atoms with Crippen LogP contribution in [0.4, 0.5) is 5.69 Å². The van der Waals surface area contributed by atoms with E-state index in [-0.39, 0.29) is 5.41 Å². The van der Waals surface area contributed by atoms with Crippen LogP contribution >= 0.6 is 15.9 Å². The quantitative estimate of drug-likeness (QED) is 0.803. The highest BCUT2D eigenvalue weighted by atomic mass is 79.9. The van der Waals surface area contributed by atoms with Crippen molar-refractivity contribution in [3.8, 4) is 0 Å². The molecular weight excluding hydrogens is 298 g/mol. The van der Waals surface area contributed by atoms with E-state index in [2.05, 4.69) is 84.5 Å². The Morgan fingerprint density at radius 1 is 1.00 bits per heavy atom. The maximum absolute atomic E-state index is 3.54. The van der Waals surface area contributed by atoms with Crippen LogP contribution in [0.25, 0.3) is 0 Å². The Morgan fingerprint density at radius 2 is 1.74 bits per heavy atom. The summed E-state index contributed by atoms with van der Waals surface area (Å²) in [6.45, 7) is 7.57. The van der Waals surface area contributed by atoms with Gasteiger partial charge in [0, 0.05) is 16.7 Å². The van der Waals surface area contributed by atoms with Gasteiger partial charge in [-0.3, -0.25) is 0 Å². The summed E-state index contributed by atoms with van der Waals surface area (Å²) >= 11 is 3.51. The second-order valence-electron chi connectivity index (χ2n) is 5.78. The molecule has 0 bridgehead atoms. The maximum atomic E-state index is 3.54. The fourth-order valence-electron chi connectivity index (χ4n) is 2.14. The summed E-state index contributed by atoms with van der Waals surface area (Å²) in [6, 6.07) is 16.9. The van der Waals surface area contributed by atoms with Gasteiger partial charge in [0.1, 0.15) is 0 Å². The van der Waals surface area contributed by atoms with Gasteiger partial charge in [-0.15, -0.1) is 0 Å². The van der Waals surface area contributed by atoms with Gasteiger partial charge in [-0.2, -0.15) is 0 Å². The molecule has 0 aromatic heterocycles. The van der Waals surface area contributed by atoms with Gasteiger partial charge in [0.2, 0.25) is 0 Å². The fraction of sp³-hybridized carbons (Fsp3) is 0.294. The first-order valence-electron chi connectivity index (χ1n) is 6.54. The largest absolute Gasteiger partial charge is 0.381 e. The molecule has 1 N–H and O–H groups in total. The number of benzene rings is 2. The molecule has 2 heteroatoms. The van der Waals surface area contributed by atoms with Crippen molar-refractivity contribution in [2.75, 3.05) is 5.32 Å². The van der Waals surface area contributed by atoms with Crippen LogP contribution in [0.15, 0.2) is 53.0 Å². The van der Waals surface area contributed by atoms with Gasteiger partial charge < -0.3 is 5.32 Å². The molecule has 0 radical (unpaired) electrons. The van der Waals surface area contributed by atoms with E-state index in [0.29, 0.717) is 0 Å². The Morgan fingerprint density at radius 3 is 2.42 bits per heavy atom. The van der Waals surface area contributed by atoms with Crippen molar-refractivity contribution in [1.29, 1.82) is 0 Å². The molecule has 1 nitrogen and oxygen atoms in total. The molecule has 19 heavy (non-hydrogen) atoms. The van der Waals surface area contributed by atoms with Crippen molar-refractivity contribution >= 4 is 21.6 Å². The summed E-state index contributed by atoms with van der Waals surface area (Å²) in [5, 5.41) is 3.54. The van der Waals surface area contributed by atoms with Crippen LogP contribution in [-0.2, 0) is 12.0 Å². The van der Waals surface area contributed by atoms with Crippen molar-refractivity contribution < 1.29 is 0 Å². The van der Waals surface area contributed by atoms with Crippen LogP contribution < -0.4 is 5.32 Å². The van der Waals surface area contributed by atoms with Gasteiger partial charge in [-0.1, -0.05) is 67.0 Å². The zero-order valence-electron chi connectivity index (χ0n) is 11.7. The molecule has 0 unspecified atom stereocenters. The van der Waals surface area contributed by atoms with E-state index >= 15 is 0 Å². The molecular formula is C17H20BrN. The van der Waals surface area contributed by atoms with E-state index in [9.17, 15) is 0 Å². The number of rotatable bonds is 3. The minimum atomic E-state index is 0.154. The maximum Gasteiger partial charge on any atom is 0.0401 e. The van der Waals surface area contributed by atoms with E-state index in [1.807, 2.05) is 6.07 Å². The van der Waals surface area contributed by atoms with Crippen LogP contribution in [0.1, 0.15) is 31.9 Å². The third-order valence-corrected chi connectivity index (χ3v) is 3.60. The average Bonchev–Trinajstić information content (AvgIpc) is 2.36. The summed E-state index contributed by atoms with van der Waals surface area (Å²) in [7, 11) is 0. The Kier molecular flexibility index (Phi) is 4.31.